The summed E-state index contributed by atoms with van der Waals surface area (Å²) in [7, 11) is 0. The predicted molar refractivity (Wildman–Crippen MR) is 93.5 cm³/mol. The van der Waals surface area contributed by atoms with Crippen molar-refractivity contribution in [3.05, 3.63) is 72.2 Å². The van der Waals surface area contributed by atoms with E-state index in [1.807, 2.05) is 48.7 Å². The van der Waals surface area contributed by atoms with Crippen LogP contribution in [0, 0.1) is 0 Å². The van der Waals surface area contributed by atoms with Gasteiger partial charge in [0, 0.05) is 30.2 Å². The SMILES string of the molecule is O=C(Nc1ccn(Cc2ccncc2)n1)C1CCOc2ccccc21. The van der Waals surface area contributed by atoms with Crippen LogP contribution in [-0.2, 0) is 11.3 Å². The third-order valence-electron chi connectivity index (χ3n) is 4.26. The Morgan fingerprint density at radius 1 is 1.20 bits per heavy atom. The summed E-state index contributed by atoms with van der Waals surface area (Å²) in [4.78, 5) is 16.7. The number of aromatic nitrogens is 3. The molecule has 1 aliphatic heterocycles. The van der Waals surface area contributed by atoms with Crippen molar-refractivity contribution >= 4 is 11.7 Å². The molecule has 0 saturated carbocycles. The Morgan fingerprint density at radius 2 is 2.04 bits per heavy atom. The molecule has 0 spiro atoms. The lowest BCUT2D eigenvalue weighted by Gasteiger charge is -2.24. The maximum Gasteiger partial charge on any atom is 0.233 e. The van der Waals surface area contributed by atoms with E-state index in [0.29, 0.717) is 25.4 Å². The lowest BCUT2D eigenvalue weighted by molar-refractivity contribution is -0.118. The Hall–Kier alpha value is -3.15. The molecule has 0 fully saturated rings. The van der Waals surface area contributed by atoms with Crippen molar-refractivity contribution in [1.29, 1.82) is 0 Å². The van der Waals surface area contributed by atoms with E-state index in [0.717, 1.165) is 16.9 Å². The molecular weight excluding hydrogens is 316 g/mol. The number of rotatable bonds is 4. The Labute approximate surface area is 145 Å². The average molecular weight is 334 g/mol. The number of ether oxygens (including phenoxy) is 1. The quantitative estimate of drug-likeness (QED) is 0.796. The van der Waals surface area contributed by atoms with Gasteiger partial charge in [-0.25, -0.2) is 0 Å². The highest BCUT2D eigenvalue weighted by molar-refractivity contribution is 5.95. The van der Waals surface area contributed by atoms with Crippen molar-refractivity contribution < 1.29 is 9.53 Å². The molecule has 3 heterocycles. The molecule has 2 aromatic heterocycles. The van der Waals surface area contributed by atoms with E-state index < -0.39 is 0 Å². The molecule has 0 radical (unpaired) electrons. The van der Waals surface area contributed by atoms with Gasteiger partial charge in [0.15, 0.2) is 5.82 Å². The summed E-state index contributed by atoms with van der Waals surface area (Å²) in [6.07, 6.45) is 6.03. The van der Waals surface area contributed by atoms with Crippen LogP contribution in [0.5, 0.6) is 5.75 Å². The number of pyridine rings is 1. The van der Waals surface area contributed by atoms with Crippen LogP contribution >= 0.6 is 0 Å². The van der Waals surface area contributed by atoms with Gasteiger partial charge in [-0.2, -0.15) is 5.10 Å². The molecule has 0 bridgehead atoms. The van der Waals surface area contributed by atoms with Gasteiger partial charge in [0.2, 0.25) is 5.91 Å². The molecule has 6 heteroatoms. The maximum absolute atomic E-state index is 12.7. The summed E-state index contributed by atoms with van der Waals surface area (Å²) < 4.78 is 7.41. The second-order valence-corrected chi connectivity index (χ2v) is 5.97. The van der Waals surface area contributed by atoms with Gasteiger partial charge in [0.1, 0.15) is 5.75 Å². The Balaban J connectivity index is 1.45. The number of hydrogen-bond acceptors (Lipinski definition) is 4. The zero-order chi connectivity index (χ0) is 17.1. The van der Waals surface area contributed by atoms with E-state index in [-0.39, 0.29) is 11.8 Å². The fourth-order valence-electron chi connectivity index (χ4n) is 3.02. The van der Waals surface area contributed by atoms with Gasteiger partial charge >= 0.3 is 0 Å². The highest BCUT2D eigenvalue weighted by Gasteiger charge is 2.27. The number of nitrogens with one attached hydrogen (secondary N) is 1. The molecule has 1 atom stereocenters. The van der Waals surface area contributed by atoms with Gasteiger partial charge in [0.25, 0.3) is 0 Å². The minimum atomic E-state index is -0.213. The largest absolute Gasteiger partial charge is 0.493 e. The second-order valence-electron chi connectivity index (χ2n) is 5.97. The molecule has 0 aliphatic carbocycles. The van der Waals surface area contributed by atoms with Crippen LogP contribution in [-0.4, -0.2) is 27.3 Å². The molecule has 0 saturated heterocycles. The summed E-state index contributed by atoms with van der Waals surface area (Å²) in [5, 5.41) is 7.35. The average Bonchev–Trinajstić information content (AvgIpc) is 3.09. The third-order valence-corrected chi connectivity index (χ3v) is 4.26. The van der Waals surface area contributed by atoms with E-state index in [2.05, 4.69) is 15.4 Å². The summed E-state index contributed by atoms with van der Waals surface area (Å²) in [5.74, 6) is 1.08. The molecule has 3 aromatic rings. The van der Waals surface area contributed by atoms with Crippen LogP contribution in [0.4, 0.5) is 5.82 Å². The van der Waals surface area contributed by atoms with Crippen molar-refractivity contribution in [2.75, 3.05) is 11.9 Å². The molecule has 1 unspecified atom stereocenters. The summed E-state index contributed by atoms with van der Waals surface area (Å²) in [6, 6.07) is 13.4. The number of benzene rings is 1. The highest BCUT2D eigenvalue weighted by atomic mass is 16.5. The Morgan fingerprint density at radius 3 is 2.92 bits per heavy atom. The fraction of sp³-hybridized carbons (Fsp3) is 0.211. The molecule has 1 amide bonds. The number of para-hydroxylation sites is 1. The van der Waals surface area contributed by atoms with Crippen LogP contribution in [0.2, 0.25) is 0 Å². The first-order chi connectivity index (χ1) is 12.3. The molecule has 1 N–H and O–H groups in total. The number of carbonyl (C=O) groups is 1. The van der Waals surface area contributed by atoms with Crippen LogP contribution in [0.3, 0.4) is 0 Å². The molecule has 1 aliphatic rings. The molecular formula is C19H18N4O2. The number of anilines is 1. The topological polar surface area (TPSA) is 69.0 Å². The third kappa shape index (κ3) is 3.38. The normalized spacial score (nSPS) is 15.9. The van der Waals surface area contributed by atoms with Gasteiger partial charge in [0.05, 0.1) is 19.1 Å². The van der Waals surface area contributed by atoms with Crippen molar-refractivity contribution in [3.63, 3.8) is 0 Å². The zero-order valence-corrected chi connectivity index (χ0v) is 13.6. The van der Waals surface area contributed by atoms with Gasteiger partial charge in [-0.1, -0.05) is 18.2 Å². The van der Waals surface area contributed by atoms with Crippen LogP contribution in [0.1, 0.15) is 23.5 Å². The minimum Gasteiger partial charge on any atom is -0.493 e. The molecule has 126 valence electrons. The number of fused-ring (bicyclic) bond motifs is 1. The highest BCUT2D eigenvalue weighted by Crippen LogP contribution is 2.33. The maximum atomic E-state index is 12.7. The first-order valence-corrected chi connectivity index (χ1v) is 8.24. The van der Waals surface area contributed by atoms with Gasteiger partial charge in [-0.3, -0.25) is 14.5 Å². The van der Waals surface area contributed by atoms with E-state index in [1.54, 1.807) is 17.1 Å². The van der Waals surface area contributed by atoms with Gasteiger partial charge < -0.3 is 10.1 Å². The summed E-state index contributed by atoms with van der Waals surface area (Å²) in [6.45, 7) is 1.18. The fourth-order valence-corrected chi connectivity index (χ4v) is 3.02. The second kappa shape index (κ2) is 6.76. The molecule has 4 rings (SSSR count). The smallest absolute Gasteiger partial charge is 0.233 e. The van der Waals surface area contributed by atoms with Crippen LogP contribution in [0.25, 0.3) is 0 Å². The molecule has 6 nitrogen and oxygen atoms in total. The van der Waals surface area contributed by atoms with Crippen molar-refractivity contribution in [2.24, 2.45) is 0 Å². The summed E-state index contributed by atoms with van der Waals surface area (Å²) in [5.41, 5.74) is 2.04. The van der Waals surface area contributed by atoms with E-state index >= 15 is 0 Å². The van der Waals surface area contributed by atoms with Gasteiger partial charge in [-0.05, 0) is 30.2 Å². The summed E-state index contributed by atoms with van der Waals surface area (Å²) >= 11 is 0. The van der Waals surface area contributed by atoms with E-state index in [1.165, 1.54) is 0 Å². The Bertz CT molecular complexity index is 876. The number of hydrogen-bond donors (Lipinski definition) is 1. The van der Waals surface area contributed by atoms with Crippen molar-refractivity contribution in [2.45, 2.75) is 18.9 Å². The standard InChI is InChI=1S/C19H18N4O2/c24-19(16-8-12-25-17-4-2-1-3-15(16)17)21-18-7-11-23(22-18)13-14-5-9-20-10-6-14/h1-7,9-11,16H,8,12-13H2,(H,21,22,24). The number of amides is 1. The Kier molecular flexibility index (Phi) is 4.16. The minimum absolute atomic E-state index is 0.0510. The van der Waals surface area contributed by atoms with Crippen LogP contribution in [0.15, 0.2) is 61.1 Å². The van der Waals surface area contributed by atoms with Gasteiger partial charge in [-0.15, -0.1) is 0 Å². The lowest BCUT2D eigenvalue weighted by atomic mass is 9.92. The zero-order valence-electron chi connectivity index (χ0n) is 13.6. The monoisotopic (exact) mass is 334 g/mol. The first kappa shape index (κ1) is 15.4. The van der Waals surface area contributed by atoms with Crippen LogP contribution < -0.4 is 10.1 Å². The molecule has 1 aromatic carbocycles. The number of nitrogens with zero attached hydrogens (tertiary/aromatic N) is 3. The molecule has 25 heavy (non-hydrogen) atoms. The first-order valence-electron chi connectivity index (χ1n) is 8.24. The van der Waals surface area contributed by atoms with E-state index in [9.17, 15) is 4.79 Å². The van der Waals surface area contributed by atoms with Crippen molar-refractivity contribution in [3.8, 4) is 5.75 Å². The van der Waals surface area contributed by atoms with E-state index in [4.69, 9.17) is 4.74 Å². The predicted octanol–water partition coefficient (Wildman–Crippen LogP) is 2.83. The lowest BCUT2D eigenvalue weighted by Crippen LogP contribution is -2.26. The van der Waals surface area contributed by atoms with Crippen molar-refractivity contribution in [1.82, 2.24) is 14.8 Å². The number of carbonyl (C=O) groups excluding carboxylic acids is 1.